The average molecular weight is 410 g/mol. The summed E-state index contributed by atoms with van der Waals surface area (Å²) in [6.45, 7) is 2.45. The molecule has 0 bridgehead atoms. The maximum atomic E-state index is 13.1. The van der Waals surface area contributed by atoms with Crippen molar-refractivity contribution in [2.45, 2.75) is 37.1 Å². The third kappa shape index (κ3) is 4.02. The van der Waals surface area contributed by atoms with Crippen LogP contribution in [-0.2, 0) is 10.0 Å². The van der Waals surface area contributed by atoms with E-state index in [9.17, 15) is 13.2 Å². The molecule has 1 N–H and O–H groups in total. The van der Waals surface area contributed by atoms with Crippen LogP contribution in [0.4, 0.5) is 5.69 Å². The fourth-order valence-electron chi connectivity index (χ4n) is 3.72. The quantitative estimate of drug-likeness (QED) is 0.705. The zero-order valence-electron chi connectivity index (χ0n) is 16.2. The molecular formula is C22H23N3O3S. The number of pyridine rings is 1. The van der Waals surface area contributed by atoms with Crippen LogP contribution in [-0.4, -0.2) is 36.2 Å². The van der Waals surface area contributed by atoms with Crippen LogP contribution in [0.15, 0.2) is 65.7 Å². The van der Waals surface area contributed by atoms with Crippen molar-refractivity contribution in [3.63, 3.8) is 0 Å². The van der Waals surface area contributed by atoms with E-state index in [0.29, 0.717) is 17.8 Å². The first-order chi connectivity index (χ1) is 13.9. The third-order valence-electron chi connectivity index (χ3n) is 5.31. The molecule has 0 radical (unpaired) electrons. The van der Waals surface area contributed by atoms with Gasteiger partial charge in [0.1, 0.15) is 0 Å². The number of carbonyl (C=O) groups is 1. The van der Waals surface area contributed by atoms with Crippen LogP contribution in [0.2, 0.25) is 0 Å². The monoisotopic (exact) mass is 409 g/mol. The first kappa shape index (κ1) is 19.5. The third-order valence-corrected chi connectivity index (χ3v) is 7.32. The number of nitrogens with zero attached hydrogens (tertiary/aromatic N) is 2. The number of fused-ring (bicyclic) bond motifs is 1. The van der Waals surface area contributed by atoms with Gasteiger partial charge in [-0.2, -0.15) is 4.31 Å². The number of rotatable bonds is 4. The Hall–Kier alpha value is -2.77. The lowest BCUT2D eigenvalue weighted by Gasteiger charge is -2.32. The number of nitrogens with one attached hydrogen (secondary N) is 1. The number of carbonyl (C=O) groups excluding carboxylic acids is 1. The van der Waals surface area contributed by atoms with Crippen LogP contribution >= 0.6 is 0 Å². The summed E-state index contributed by atoms with van der Waals surface area (Å²) in [6, 6.07) is 15.4. The lowest BCUT2D eigenvalue weighted by atomic mass is 10.1. The second-order valence-corrected chi connectivity index (χ2v) is 9.24. The highest BCUT2D eigenvalue weighted by atomic mass is 32.2. The molecule has 0 saturated carbocycles. The number of hydrogen-bond acceptors (Lipinski definition) is 4. The average Bonchev–Trinajstić information content (AvgIpc) is 2.74. The second-order valence-electron chi connectivity index (χ2n) is 7.35. The van der Waals surface area contributed by atoms with Gasteiger partial charge in [0.15, 0.2) is 0 Å². The Balaban J connectivity index is 1.58. The molecule has 150 valence electrons. The molecule has 1 unspecified atom stereocenters. The van der Waals surface area contributed by atoms with E-state index in [4.69, 9.17) is 0 Å². The van der Waals surface area contributed by atoms with Crippen LogP contribution in [0.1, 0.15) is 36.5 Å². The molecule has 7 heteroatoms. The molecule has 3 aromatic rings. The first-order valence-electron chi connectivity index (χ1n) is 9.73. The van der Waals surface area contributed by atoms with Crippen molar-refractivity contribution in [1.29, 1.82) is 0 Å². The number of sulfonamides is 1. The molecule has 6 nitrogen and oxygen atoms in total. The highest BCUT2D eigenvalue weighted by Crippen LogP contribution is 2.26. The van der Waals surface area contributed by atoms with Gasteiger partial charge in [-0.3, -0.25) is 9.78 Å². The highest BCUT2D eigenvalue weighted by molar-refractivity contribution is 7.89. The van der Waals surface area contributed by atoms with E-state index in [1.165, 1.54) is 6.07 Å². The van der Waals surface area contributed by atoms with E-state index in [2.05, 4.69) is 10.3 Å². The summed E-state index contributed by atoms with van der Waals surface area (Å²) in [7, 11) is -3.62. The van der Waals surface area contributed by atoms with E-state index < -0.39 is 10.0 Å². The number of hydrogen-bond donors (Lipinski definition) is 1. The van der Waals surface area contributed by atoms with Crippen molar-refractivity contribution in [2.75, 3.05) is 11.9 Å². The largest absolute Gasteiger partial charge is 0.322 e. The molecule has 1 amide bonds. The Morgan fingerprint density at radius 3 is 2.79 bits per heavy atom. The normalized spacial score (nSPS) is 17.9. The summed E-state index contributed by atoms with van der Waals surface area (Å²) in [5.41, 5.74) is 1.78. The molecule has 1 atom stereocenters. The van der Waals surface area contributed by atoms with Gasteiger partial charge >= 0.3 is 0 Å². The maximum absolute atomic E-state index is 13.1. The van der Waals surface area contributed by atoms with E-state index in [-0.39, 0.29) is 16.8 Å². The molecule has 29 heavy (non-hydrogen) atoms. The molecule has 1 fully saturated rings. The Morgan fingerprint density at radius 1 is 1.10 bits per heavy atom. The summed E-state index contributed by atoms with van der Waals surface area (Å²) in [4.78, 5) is 17.2. The SMILES string of the molecule is CC1CCCCN1S(=O)(=O)c1cccc(C(=O)Nc2ccc3ncccc3c2)c1. The number of benzene rings is 2. The lowest BCUT2D eigenvalue weighted by Crippen LogP contribution is -2.41. The Kier molecular flexibility index (Phi) is 5.34. The van der Waals surface area contributed by atoms with Gasteiger partial charge in [-0.1, -0.05) is 18.6 Å². The number of amides is 1. The minimum absolute atomic E-state index is 0.0301. The predicted molar refractivity (Wildman–Crippen MR) is 113 cm³/mol. The van der Waals surface area contributed by atoms with Gasteiger partial charge in [-0.15, -0.1) is 0 Å². The number of anilines is 1. The standard InChI is InChI=1S/C22H23N3O3S/c1-16-6-2-3-13-25(16)29(27,28)20-9-4-7-18(15-20)22(26)24-19-10-11-21-17(14-19)8-5-12-23-21/h4-5,7-12,14-16H,2-3,6,13H2,1H3,(H,24,26). The molecular weight excluding hydrogens is 386 g/mol. The molecule has 2 aromatic carbocycles. The summed E-state index contributed by atoms with van der Waals surface area (Å²) in [5, 5.41) is 3.76. The second kappa shape index (κ2) is 7.93. The minimum Gasteiger partial charge on any atom is -0.322 e. The predicted octanol–water partition coefficient (Wildman–Crippen LogP) is 4.05. The van der Waals surface area contributed by atoms with Crippen LogP contribution in [0, 0.1) is 0 Å². The van der Waals surface area contributed by atoms with Crippen LogP contribution in [0.5, 0.6) is 0 Å². The van der Waals surface area contributed by atoms with Gasteiger partial charge in [0.05, 0.1) is 10.4 Å². The smallest absolute Gasteiger partial charge is 0.255 e. The lowest BCUT2D eigenvalue weighted by molar-refractivity contribution is 0.102. The Labute approximate surface area is 170 Å². The Morgan fingerprint density at radius 2 is 1.97 bits per heavy atom. The summed E-state index contributed by atoms with van der Waals surface area (Å²) in [6.07, 6.45) is 4.48. The van der Waals surface area contributed by atoms with Crippen LogP contribution < -0.4 is 5.32 Å². The summed E-state index contributed by atoms with van der Waals surface area (Å²) < 4.78 is 27.7. The van der Waals surface area contributed by atoms with Crippen LogP contribution in [0.3, 0.4) is 0 Å². The maximum Gasteiger partial charge on any atom is 0.255 e. The van der Waals surface area contributed by atoms with Crippen molar-refractivity contribution >= 4 is 32.5 Å². The van der Waals surface area contributed by atoms with Gasteiger partial charge in [-0.25, -0.2) is 8.42 Å². The molecule has 1 aliphatic rings. The topological polar surface area (TPSA) is 79.4 Å². The van der Waals surface area contributed by atoms with Crippen molar-refractivity contribution in [2.24, 2.45) is 0 Å². The molecule has 0 spiro atoms. The highest BCUT2D eigenvalue weighted by Gasteiger charge is 2.31. The Bertz CT molecular complexity index is 1160. The first-order valence-corrected chi connectivity index (χ1v) is 11.2. The van der Waals surface area contributed by atoms with E-state index in [0.717, 1.165) is 30.2 Å². The molecule has 4 rings (SSSR count). The number of piperidine rings is 1. The molecule has 1 aromatic heterocycles. The molecule has 1 aliphatic heterocycles. The van der Waals surface area contributed by atoms with Crippen molar-refractivity contribution in [1.82, 2.24) is 9.29 Å². The van der Waals surface area contributed by atoms with Crippen LogP contribution in [0.25, 0.3) is 10.9 Å². The van der Waals surface area contributed by atoms with Crippen molar-refractivity contribution in [3.05, 3.63) is 66.4 Å². The summed E-state index contributed by atoms with van der Waals surface area (Å²) in [5.74, 6) is -0.350. The van der Waals surface area contributed by atoms with E-state index in [1.807, 2.05) is 31.2 Å². The molecule has 1 saturated heterocycles. The fraction of sp³-hybridized carbons (Fsp3) is 0.273. The van der Waals surface area contributed by atoms with E-state index in [1.54, 1.807) is 34.8 Å². The number of aromatic nitrogens is 1. The molecule has 2 heterocycles. The van der Waals surface area contributed by atoms with Gasteiger partial charge in [0.2, 0.25) is 10.0 Å². The van der Waals surface area contributed by atoms with Gasteiger partial charge in [-0.05, 0) is 62.2 Å². The summed E-state index contributed by atoms with van der Waals surface area (Å²) >= 11 is 0. The molecule has 0 aliphatic carbocycles. The zero-order chi connectivity index (χ0) is 20.4. The minimum atomic E-state index is -3.62. The van der Waals surface area contributed by atoms with Gasteiger partial charge in [0, 0.05) is 35.4 Å². The van der Waals surface area contributed by atoms with Crippen molar-refractivity contribution in [3.8, 4) is 0 Å². The van der Waals surface area contributed by atoms with E-state index >= 15 is 0 Å². The van der Waals surface area contributed by atoms with Gasteiger partial charge < -0.3 is 5.32 Å². The van der Waals surface area contributed by atoms with Crippen molar-refractivity contribution < 1.29 is 13.2 Å². The van der Waals surface area contributed by atoms with Gasteiger partial charge in [0.25, 0.3) is 5.91 Å². The fourth-order valence-corrected chi connectivity index (χ4v) is 5.46. The zero-order valence-corrected chi connectivity index (χ0v) is 17.0.